The molecule has 0 bridgehead atoms. The average molecular weight is 263 g/mol. The van der Waals surface area contributed by atoms with Crippen molar-refractivity contribution in [2.75, 3.05) is 32.2 Å². The van der Waals surface area contributed by atoms with Gasteiger partial charge in [-0.3, -0.25) is 4.79 Å². The normalized spacial score (nSPS) is 16.8. The molecule has 19 heavy (non-hydrogen) atoms. The maximum absolute atomic E-state index is 11.7. The smallest absolute Gasteiger partial charge is 0.318 e. The first-order chi connectivity index (χ1) is 9.07. The summed E-state index contributed by atoms with van der Waals surface area (Å²) in [6.45, 7) is 5.73. The summed E-state index contributed by atoms with van der Waals surface area (Å²) >= 11 is 0. The Balaban J connectivity index is 1.96. The number of nitrogens with one attached hydrogen (secondary N) is 1. The van der Waals surface area contributed by atoms with Gasteiger partial charge >= 0.3 is 5.97 Å². The van der Waals surface area contributed by atoms with Gasteiger partial charge in [0.25, 0.3) is 0 Å². The van der Waals surface area contributed by atoms with Crippen molar-refractivity contribution in [3.8, 4) is 0 Å². The highest BCUT2D eigenvalue weighted by Gasteiger charge is 2.47. The van der Waals surface area contributed by atoms with Gasteiger partial charge in [0.2, 0.25) is 0 Å². The summed E-state index contributed by atoms with van der Waals surface area (Å²) in [5.74, 6) is 0.320. The summed E-state index contributed by atoms with van der Waals surface area (Å²) in [6, 6.07) is 8.30. The second kappa shape index (κ2) is 5.61. The average Bonchev–Trinajstić information content (AvgIpc) is 2.37. The molecule has 1 N–H and O–H groups in total. The summed E-state index contributed by atoms with van der Waals surface area (Å²) in [5.41, 5.74) is 1.80. The van der Waals surface area contributed by atoms with Gasteiger partial charge in [0.05, 0.1) is 20.3 Å². The maximum Gasteiger partial charge on any atom is 0.318 e. The van der Waals surface area contributed by atoms with Crippen LogP contribution in [-0.4, -0.2) is 32.8 Å². The second-order valence-electron chi connectivity index (χ2n) is 5.39. The number of hydrogen-bond donors (Lipinski definition) is 1. The van der Waals surface area contributed by atoms with Crippen molar-refractivity contribution in [2.24, 2.45) is 5.41 Å². The minimum atomic E-state index is -0.522. The minimum Gasteiger partial charge on any atom is -0.468 e. The number of methoxy groups -OCH3 is 1. The summed E-state index contributed by atoms with van der Waals surface area (Å²) in [5, 5.41) is 3.29. The lowest BCUT2D eigenvalue weighted by molar-refractivity contribution is -0.180. The zero-order valence-corrected chi connectivity index (χ0v) is 11.7. The van der Waals surface area contributed by atoms with E-state index in [0.29, 0.717) is 25.7 Å². The Bertz CT molecular complexity index is 435. The molecule has 0 spiro atoms. The zero-order chi connectivity index (χ0) is 13.9. The van der Waals surface area contributed by atoms with Crippen molar-refractivity contribution in [1.82, 2.24) is 0 Å². The van der Waals surface area contributed by atoms with Gasteiger partial charge in [-0.05, 0) is 23.6 Å². The molecule has 0 saturated carbocycles. The van der Waals surface area contributed by atoms with Crippen LogP contribution in [0.15, 0.2) is 24.3 Å². The van der Waals surface area contributed by atoms with Crippen LogP contribution in [0.2, 0.25) is 0 Å². The molecule has 0 atom stereocenters. The third kappa shape index (κ3) is 2.89. The molecule has 4 nitrogen and oxygen atoms in total. The van der Waals surface area contributed by atoms with E-state index in [0.717, 1.165) is 5.69 Å². The Morgan fingerprint density at radius 1 is 1.37 bits per heavy atom. The van der Waals surface area contributed by atoms with Crippen molar-refractivity contribution >= 4 is 11.7 Å². The topological polar surface area (TPSA) is 47.6 Å². The van der Waals surface area contributed by atoms with Crippen molar-refractivity contribution in [3.63, 3.8) is 0 Å². The lowest BCUT2D eigenvalue weighted by atomic mass is 9.86. The lowest BCUT2D eigenvalue weighted by Crippen LogP contribution is -2.54. The molecule has 0 amide bonds. The van der Waals surface area contributed by atoms with Crippen LogP contribution >= 0.6 is 0 Å². The molecular weight excluding hydrogens is 242 g/mol. The summed E-state index contributed by atoms with van der Waals surface area (Å²) in [4.78, 5) is 11.7. The summed E-state index contributed by atoms with van der Waals surface area (Å²) < 4.78 is 10.00. The van der Waals surface area contributed by atoms with Crippen LogP contribution in [-0.2, 0) is 14.3 Å². The van der Waals surface area contributed by atoms with Crippen LogP contribution in [0, 0.1) is 5.41 Å². The highest BCUT2D eigenvalue weighted by atomic mass is 16.5. The van der Waals surface area contributed by atoms with Crippen molar-refractivity contribution in [1.29, 1.82) is 0 Å². The number of esters is 1. The van der Waals surface area contributed by atoms with Gasteiger partial charge in [0, 0.05) is 12.2 Å². The van der Waals surface area contributed by atoms with E-state index < -0.39 is 5.41 Å². The summed E-state index contributed by atoms with van der Waals surface area (Å²) in [7, 11) is 1.42. The van der Waals surface area contributed by atoms with Crippen LogP contribution in [0.3, 0.4) is 0 Å². The molecule has 1 saturated heterocycles. The molecule has 1 fully saturated rings. The predicted molar refractivity (Wildman–Crippen MR) is 74.3 cm³/mol. The number of anilines is 1. The molecular formula is C15H21NO3. The number of carbonyl (C=O) groups excluding carboxylic acids is 1. The Kier molecular flexibility index (Phi) is 4.10. The predicted octanol–water partition coefficient (Wildman–Crippen LogP) is 2.41. The Hall–Kier alpha value is -1.55. The van der Waals surface area contributed by atoms with E-state index in [1.807, 2.05) is 12.1 Å². The van der Waals surface area contributed by atoms with Gasteiger partial charge in [-0.1, -0.05) is 26.0 Å². The largest absolute Gasteiger partial charge is 0.468 e. The highest BCUT2D eigenvalue weighted by Crippen LogP contribution is 2.29. The molecule has 4 heteroatoms. The standard InChI is InChI=1S/C15H21NO3/c1-11(2)12-4-6-13(7-5-12)16-8-15(9-19-10-15)14(17)18-3/h4-7,11,16H,8-10H2,1-3H3. The molecule has 0 radical (unpaired) electrons. The molecule has 2 rings (SSSR count). The van der Waals surface area contributed by atoms with Crippen molar-refractivity contribution in [2.45, 2.75) is 19.8 Å². The first-order valence-electron chi connectivity index (χ1n) is 6.57. The number of rotatable bonds is 5. The minimum absolute atomic E-state index is 0.204. The van der Waals surface area contributed by atoms with E-state index in [9.17, 15) is 4.79 Å². The molecule has 0 aliphatic carbocycles. The van der Waals surface area contributed by atoms with Crippen molar-refractivity contribution < 1.29 is 14.3 Å². The van der Waals surface area contributed by atoms with Crippen LogP contribution in [0.5, 0.6) is 0 Å². The molecule has 1 aromatic rings. The van der Waals surface area contributed by atoms with Gasteiger partial charge in [-0.2, -0.15) is 0 Å². The molecule has 1 aliphatic rings. The molecule has 104 valence electrons. The van der Waals surface area contributed by atoms with Gasteiger partial charge in [-0.15, -0.1) is 0 Å². The highest BCUT2D eigenvalue weighted by molar-refractivity contribution is 5.78. The molecule has 1 aliphatic heterocycles. The SMILES string of the molecule is COC(=O)C1(CNc2ccc(C(C)C)cc2)COC1. The fraction of sp³-hybridized carbons (Fsp3) is 0.533. The zero-order valence-electron chi connectivity index (χ0n) is 11.7. The quantitative estimate of drug-likeness (QED) is 0.829. The van der Waals surface area contributed by atoms with Gasteiger partial charge in [-0.25, -0.2) is 0 Å². The third-order valence-corrected chi connectivity index (χ3v) is 3.58. The number of hydrogen-bond acceptors (Lipinski definition) is 4. The van der Waals surface area contributed by atoms with E-state index in [1.165, 1.54) is 12.7 Å². The fourth-order valence-electron chi connectivity index (χ4n) is 2.11. The van der Waals surface area contributed by atoms with Crippen LogP contribution < -0.4 is 5.32 Å². The summed E-state index contributed by atoms with van der Waals surface area (Å²) in [6.07, 6.45) is 0. The maximum atomic E-state index is 11.7. The van der Waals surface area contributed by atoms with Gasteiger partial charge < -0.3 is 14.8 Å². The van der Waals surface area contributed by atoms with Crippen LogP contribution in [0.25, 0.3) is 0 Å². The Morgan fingerprint density at radius 3 is 2.42 bits per heavy atom. The third-order valence-electron chi connectivity index (χ3n) is 3.58. The molecule has 1 aromatic carbocycles. The Morgan fingerprint density at radius 2 is 2.00 bits per heavy atom. The van der Waals surface area contributed by atoms with Gasteiger partial charge in [0.15, 0.2) is 0 Å². The van der Waals surface area contributed by atoms with Crippen LogP contribution in [0.4, 0.5) is 5.69 Å². The monoisotopic (exact) mass is 263 g/mol. The number of benzene rings is 1. The first kappa shape index (κ1) is 13.9. The van der Waals surface area contributed by atoms with E-state index in [2.05, 4.69) is 31.3 Å². The molecule has 0 aromatic heterocycles. The molecule has 1 heterocycles. The lowest BCUT2D eigenvalue weighted by Gasteiger charge is -2.38. The van der Waals surface area contributed by atoms with E-state index in [-0.39, 0.29) is 5.97 Å². The molecule has 0 unspecified atom stereocenters. The fourth-order valence-corrected chi connectivity index (χ4v) is 2.11. The van der Waals surface area contributed by atoms with E-state index in [1.54, 1.807) is 0 Å². The second-order valence-corrected chi connectivity index (χ2v) is 5.39. The number of carbonyl (C=O) groups is 1. The first-order valence-corrected chi connectivity index (χ1v) is 6.57. The Labute approximate surface area is 114 Å². The van der Waals surface area contributed by atoms with Crippen LogP contribution in [0.1, 0.15) is 25.3 Å². The number of ether oxygens (including phenoxy) is 2. The van der Waals surface area contributed by atoms with E-state index in [4.69, 9.17) is 9.47 Å². The van der Waals surface area contributed by atoms with E-state index >= 15 is 0 Å². The van der Waals surface area contributed by atoms with Crippen molar-refractivity contribution in [3.05, 3.63) is 29.8 Å². The van der Waals surface area contributed by atoms with Gasteiger partial charge in [0.1, 0.15) is 5.41 Å².